The van der Waals surface area contributed by atoms with Crippen molar-refractivity contribution < 1.29 is 10.2 Å². The van der Waals surface area contributed by atoms with Crippen LogP contribution in [0.1, 0.15) is 24.1 Å². The van der Waals surface area contributed by atoms with Crippen molar-refractivity contribution in [1.29, 1.82) is 0 Å². The second-order valence-corrected chi connectivity index (χ2v) is 5.51. The van der Waals surface area contributed by atoms with Gasteiger partial charge >= 0.3 is 0 Å². The molecule has 0 heterocycles. The minimum Gasteiger partial charge on any atom is -0.507 e. The lowest BCUT2D eigenvalue weighted by molar-refractivity contribution is 0.434. The lowest BCUT2D eigenvalue weighted by Gasteiger charge is -2.18. The zero-order valence-electron chi connectivity index (χ0n) is 10.8. The molecular weight excluding hydrogens is 306 g/mol. The predicted molar refractivity (Wildman–Crippen MR) is 80.7 cm³/mol. The van der Waals surface area contributed by atoms with Crippen LogP contribution in [0.4, 0.5) is 5.69 Å². The molecule has 0 fully saturated rings. The maximum absolute atomic E-state index is 9.84. The fraction of sp³-hybridized carbons (Fsp3) is 0.200. The van der Waals surface area contributed by atoms with Crippen molar-refractivity contribution in [2.24, 2.45) is 0 Å². The summed E-state index contributed by atoms with van der Waals surface area (Å²) in [6.45, 7) is 3.91. The van der Waals surface area contributed by atoms with Gasteiger partial charge in [-0.2, -0.15) is 0 Å². The van der Waals surface area contributed by atoms with Crippen molar-refractivity contribution in [2.45, 2.75) is 19.9 Å². The number of hydrogen-bond acceptors (Lipinski definition) is 3. The maximum Gasteiger partial charge on any atom is 0.124 e. The smallest absolute Gasteiger partial charge is 0.124 e. The van der Waals surface area contributed by atoms with Gasteiger partial charge < -0.3 is 15.5 Å². The maximum atomic E-state index is 9.84. The first-order valence-corrected chi connectivity index (χ1v) is 6.81. The normalized spacial score (nSPS) is 12.2. The number of hydrogen-bond donors (Lipinski definition) is 3. The fourth-order valence-electron chi connectivity index (χ4n) is 2.13. The summed E-state index contributed by atoms with van der Waals surface area (Å²) < 4.78 is 0.990. The molecule has 0 aliphatic rings. The minimum atomic E-state index is -0.199. The summed E-state index contributed by atoms with van der Waals surface area (Å²) in [5.74, 6) is 0.179. The van der Waals surface area contributed by atoms with Crippen molar-refractivity contribution >= 4 is 21.6 Å². The Morgan fingerprint density at radius 1 is 1.11 bits per heavy atom. The molecule has 2 rings (SSSR count). The lowest BCUT2D eigenvalue weighted by Crippen LogP contribution is -2.07. The van der Waals surface area contributed by atoms with Gasteiger partial charge in [0.15, 0.2) is 0 Å². The van der Waals surface area contributed by atoms with Gasteiger partial charge in [0.05, 0.1) is 11.6 Å². The van der Waals surface area contributed by atoms with E-state index in [9.17, 15) is 10.2 Å². The Bertz CT molecular complexity index is 558. The molecular formula is C15H16BrNO2. The molecule has 2 aromatic rings. The molecule has 4 heteroatoms. The molecule has 0 saturated heterocycles. The Hall–Kier alpha value is -1.68. The van der Waals surface area contributed by atoms with Crippen LogP contribution in [0.25, 0.3) is 0 Å². The van der Waals surface area contributed by atoms with Crippen molar-refractivity contribution in [3.63, 3.8) is 0 Å². The van der Waals surface area contributed by atoms with E-state index in [4.69, 9.17) is 0 Å². The number of nitrogens with one attached hydrogen (secondary N) is 1. The molecule has 3 nitrogen and oxygen atoms in total. The van der Waals surface area contributed by atoms with Crippen molar-refractivity contribution in [2.75, 3.05) is 5.32 Å². The summed E-state index contributed by atoms with van der Waals surface area (Å²) in [4.78, 5) is 0. The van der Waals surface area contributed by atoms with Crippen LogP contribution in [0.5, 0.6) is 11.5 Å². The van der Waals surface area contributed by atoms with E-state index < -0.39 is 0 Å². The van der Waals surface area contributed by atoms with E-state index in [0.717, 1.165) is 15.7 Å². The second-order valence-electron chi connectivity index (χ2n) is 4.59. The molecule has 0 amide bonds. The van der Waals surface area contributed by atoms with Crippen LogP contribution < -0.4 is 5.32 Å². The van der Waals surface area contributed by atoms with Gasteiger partial charge in [-0.3, -0.25) is 0 Å². The Labute approximate surface area is 121 Å². The van der Waals surface area contributed by atoms with Crippen molar-refractivity contribution in [3.8, 4) is 11.5 Å². The van der Waals surface area contributed by atoms with Gasteiger partial charge in [0, 0.05) is 10.2 Å². The van der Waals surface area contributed by atoms with E-state index in [0.29, 0.717) is 5.56 Å². The zero-order chi connectivity index (χ0) is 14.0. The van der Waals surface area contributed by atoms with Crippen LogP contribution in [0.2, 0.25) is 0 Å². The third kappa shape index (κ3) is 3.20. The average molecular weight is 322 g/mol. The van der Waals surface area contributed by atoms with E-state index >= 15 is 0 Å². The fourth-order valence-corrected chi connectivity index (χ4v) is 2.73. The summed E-state index contributed by atoms with van der Waals surface area (Å²) in [6.07, 6.45) is 0. The number of halogens is 1. The summed E-state index contributed by atoms with van der Waals surface area (Å²) in [7, 11) is 0. The third-order valence-electron chi connectivity index (χ3n) is 2.92. The highest BCUT2D eigenvalue weighted by Gasteiger charge is 2.14. The molecule has 0 radical (unpaired) electrons. The zero-order valence-corrected chi connectivity index (χ0v) is 12.4. The summed E-state index contributed by atoms with van der Waals surface area (Å²) in [6, 6.07) is 10.5. The Balaban J connectivity index is 2.28. The van der Waals surface area contributed by atoms with Crippen molar-refractivity contribution in [3.05, 3.63) is 52.0 Å². The molecule has 2 aromatic carbocycles. The molecule has 0 saturated carbocycles. The summed E-state index contributed by atoms with van der Waals surface area (Å²) in [5.41, 5.74) is 2.56. The van der Waals surface area contributed by atoms with Crippen LogP contribution in [-0.4, -0.2) is 10.2 Å². The van der Waals surface area contributed by atoms with E-state index in [2.05, 4.69) is 21.2 Å². The van der Waals surface area contributed by atoms with Crippen LogP contribution in [0.15, 0.2) is 40.9 Å². The highest BCUT2D eigenvalue weighted by Crippen LogP contribution is 2.34. The van der Waals surface area contributed by atoms with Gasteiger partial charge in [-0.25, -0.2) is 0 Å². The van der Waals surface area contributed by atoms with Gasteiger partial charge in [-0.1, -0.05) is 22.0 Å². The van der Waals surface area contributed by atoms with Gasteiger partial charge in [-0.05, 0) is 49.7 Å². The van der Waals surface area contributed by atoms with E-state index in [1.54, 1.807) is 18.2 Å². The summed E-state index contributed by atoms with van der Waals surface area (Å²) in [5, 5.41) is 23.0. The molecule has 1 unspecified atom stereocenters. The third-order valence-corrected chi connectivity index (χ3v) is 3.38. The molecule has 0 spiro atoms. The quantitative estimate of drug-likeness (QED) is 0.788. The molecule has 0 aliphatic heterocycles. The molecule has 0 aromatic heterocycles. The van der Waals surface area contributed by atoms with E-state index in [-0.39, 0.29) is 17.5 Å². The first-order valence-electron chi connectivity index (χ1n) is 6.02. The monoisotopic (exact) mass is 321 g/mol. The molecule has 3 N–H and O–H groups in total. The van der Waals surface area contributed by atoms with Crippen LogP contribution in [-0.2, 0) is 0 Å². The summed E-state index contributed by atoms with van der Waals surface area (Å²) >= 11 is 3.45. The number of benzene rings is 2. The van der Waals surface area contributed by atoms with E-state index in [1.807, 2.05) is 32.0 Å². The number of rotatable bonds is 3. The molecule has 0 aliphatic carbocycles. The largest absolute Gasteiger partial charge is 0.507 e. The highest BCUT2D eigenvalue weighted by molar-refractivity contribution is 9.10. The Morgan fingerprint density at radius 3 is 2.32 bits per heavy atom. The number of aryl methyl sites for hydroxylation is 1. The number of phenols is 2. The molecule has 1 atom stereocenters. The molecule has 19 heavy (non-hydrogen) atoms. The second kappa shape index (κ2) is 5.53. The van der Waals surface area contributed by atoms with Gasteiger partial charge in [0.1, 0.15) is 11.5 Å². The van der Waals surface area contributed by atoms with E-state index in [1.165, 1.54) is 0 Å². The number of phenolic OH excluding ortho intramolecular Hbond substituents is 2. The Kier molecular flexibility index (Phi) is 4.00. The van der Waals surface area contributed by atoms with Crippen LogP contribution >= 0.6 is 15.9 Å². The average Bonchev–Trinajstić information content (AvgIpc) is 2.26. The van der Waals surface area contributed by atoms with Crippen LogP contribution in [0, 0.1) is 6.92 Å². The SMILES string of the molecule is Cc1cc(Br)cc(NC(C)c2c(O)cccc2O)c1. The van der Waals surface area contributed by atoms with Gasteiger partial charge in [0.25, 0.3) is 0 Å². The lowest BCUT2D eigenvalue weighted by atomic mass is 10.1. The van der Waals surface area contributed by atoms with Gasteiger partial charge in [0.2, 0.25) is 0 Å². The Morgan fingerprint density at radius 2 is 1.74 bits per heavy atom. The van der Waals surface area contributed by atoms with Gasteiger partial charge in [-0.15, -0.1) is 0 Å². The first kappa shape index (κ1) is 13.7. The first-order chi connectivity index (χ1) is 8.97. The number of aromatic hydroxyl groups is 2. The molecule has 100 valence electrons. The molecule has 0 bridgehead atoms. The minimum absolute atomic E-state index is 0.0896. The van der Waals surface area contributed by atoms with Crippen molar-refractivity contribution in [1.82, 2.24) is 0 Å². The predicted octanol–water partition coefficient (Wildman–Crippen LogP) is 4.34. The highest BCUT2D eigenvalue weighted by atomic mass is 79.9. The standard InChI is InChI=1S/C15H16BrNO2/c1-9-6-11(16)8-12(7-9)17-10(2)15-13(18)4-3-5-14(15)19/h3-8,10,17-19H,1-2H3. The number of anilines is 1. The topological polar surface area (TPSA) is 52.5 Å². The van der Waals surface area contributed by atoms with Crippen LogP contribution in [0.3, 0.4) is 0 Å².